The van der Waals surface area contributed by atoms with Gasteiger partial charge < -0.3 is 10.2 Å². The van der Waals surface area contributed by atoms with E-state index < -0.39 is 12.6 Å². The van der Waals surface area contributed by atoms with Gasteiger partial charge in [0.05, 0.1) is 0 Å². The summed E-state index contributed by atoms with van der Waals surface area (Å²) >= 11 is 0. The third-order valence-electron chi connectivity index (χ3n) is 3.73. The van der Waals surface area contributed by atoms with Crippen LogP contribution in [0.4, 0.5) is 13.2 Å². The van der Waals surface area contributed by atoms with Crippen molar-refractivity contribution in [2.24, 2.45) is 5.92 Å². The van der Waals surface area contributed by atoms with Gasteiger partial charge in [0.25, 0.3) is 0 Å². The fraction of sp³-hybridized carbons (Fsp3) is 1.00. The number of nitrogens with zero attached hydrogens (tertiary/aromatic N) is 1. The lowest BCUT2D eigenvalue weighted by Crippen LogP contribution is -2.41. The van der Waals surface area contributed by atoms with Crippen LogP contribution in [-0.4, -0.2) is 43.8 Å². The van der Waals surface area contributed by atoms with Crippen LogP contribution < -0.4 is 5.32 Å². The molecule has 0 bridgehead atoms. The smallest absolute Gasteiger partial charge is 0.317 e. The fourth-order valence-corrected chi connectivity index (χ4v) is 2.42. The summed E-state index contributed by atoms with van der Waals surface area (Å²) in [6.45, 7) is 4.63. The van der Waals surface area contributed by atoms with E-state index in [4.69, 9.17) is 0 Å². The number of alkyl halides is 3. The van der Waals surface area contributed by atoms with Crippen LogP contribution >= 0.6 is 0 Å². The van der Waals surface area contributed by atoms with Crippen molar-refractivity contribution < 1.29 is 13.2 Å². The number of rotatable bonds is 5. The Morgan fingerprint density at radius 2 is 1.88 bits per heavy atom. The van der Waals surface area contributed by atoms with Crippen molar-refractivity contribution in [3.63, 3.8) is 0 Å². The Bertz CT molecular complexity index is 210. The Labute approximate surface area is 102 Å². The molecule has 1 N–H and O–H groups in total. The second-order valence-corrected chi connectivity index (χ2v) is 4.98. The van der Waals surface area contributed by atoms with Crippen molar-refractivity contribution in [2.45, 2.75) is 44.8 Å². The molecule has 0 aromatic heterocycles. The Morgan fingerprint density at radius 3 is 2.35 bits per heavy atom. The molecule has 1 unspecified atom stereocenters. The zero-order valence-electron chi connectivity index (χ0n) is 10.7. The van der Waals surface area contributed by atoms with Crippen molar-refractivity contribution in [3.05, 3.63) is 0 Å². The lowest BCUT2D eigenvalue weighted by atomic mass is 9.90. The quantitative estimate of drug-likeness (QED) is 0.809. The van der Waals surface area contributed by atoms with E-state index in [1.165, 1.54) is 0 Å². The van der Waals surface area contributed by atoms with Crippen LogP contribution in [0, 0.1) is 5.92 Å². The lowest BCUT2D eigenvalue weighted by Gasteiger charge is -2.34. The molecule has 0 spiro atoms. The summed E-state index contributed by atoms with van der Waals surface area (Å²) in [6, 6.07) is 0.507. The van der Waals surface area contributed by atoms with Gasteiger partial charge in [0, 0.05) is 12.5 Å². The largest absolute Gasteiger partial charge is 0.389 e. The van der Waals surface area contributed by atoms with Crippen molar-refractivity contribution in [2.75, 3.05) is 26.7 Å². The van der Waals surface area contributed by atoms with Crippen LogP contribution in [0.25, 0.3) is 0 Å². The van der Waals surface area contributed by atoms with Crippen molar-refractivity contribution in [1.82, 2.24) is 10.2 Å². The van der Waals surface area contributed by atoms with Crippen LogP contribution in [0.3, 0.4) is 0 Å². The summed E-state index contributed by atoms with van der Waals surface area (Å²) in [5.41, 5.74) is 0. The second-order valence-electron chi connectivity index (χ2n) is 4.98. The highest BCUT2D eigenvalue weighted by Crippen LogP contribution is 2.23. The summed E-state index contributed by atoms with van der Waals surface area (Å²) in [6.07, 6.45) is -2.24. The molecule has 1 fully saturated rings. The normalized spacial score (nSPS) is 21.7. The van der Waals surface area contributed by atoms with Crippen molar-refractivity contribution >= 4 is 0 Å². The van der Waals surface area contributed by atoms with Gasteiger partial charge >= 0.3 is 6.18 Å². The average molecular weight is 252 g/mol. The highest BCUT2D eigenvalue weighted by molar-refractivity contribution is 4.78. The molecular weight excluding hydrogens is 229 g/mol. The maximum atomic E-state index is 12.0. The first-order valence-electron chi connectivity index (χ1n) is 6.39. The molecule has 1 aliphatic rings. The minimum Gasteiger partial charge on any atom is -0.317 e. The number of nitrogens with one attached hydrogen (secondary N) is 1. The van der Waals surface area contributed by atoms with Crippen molar-refractivity contribution in [1.29, 1.82) is 0 Å². The maximum absolute atomic E-state index is 12.0. The van der Waals surface area contributed by atoms with Crippen LogP contribution in [0.2, 0.25) is 0 Å². The van der Waals surface area contributed by atoms with Gasteiger partial charge in [-0.25, -0.2) is 0 Å². The van der Waals surface area contributed by atoms with Gasteiger partial charge in [-0.1, -0.05) is 0 Å². The SMILES string of the molecule is CNC(C)C1CCN(CCCC(F)(F)F)CC1. The number of hydrogen-bond acceptors (Lipinski definition) is 2. The molecule has 17 heavy (non-hydrogen) atoms. The van der Waals surface area contributed by atoms with Gasteiger partial charge in [-0.2, -0.15) is 13.2 Å². The zero-order chi connectivity index (χ0) is 12.9. The zero-order valence-corrected chi connectivity index (χ0v) is 10.7. The van der Waals surface area contributed by atoms with Crippen LogP contribution in [0.5, 0.6) is 0 Å². The summed E-state index contributed by atoms with van der Waals surface area (Å²) in [7, 11) is 1.96. The first kappa shape index (κ1) is 14.8. The van der Waals surface area contributed by atoms with Gasteiger partial charge in [-0.05, 0) is 58.8 Å². The third kappa shape index (κ3) is 5.73. The molecule has 0 radical (unpaired) electrons. The van der Waals surface area contributed by atoms with E-state index in [9.17, 15) is 13.2 Å². The molecule has 5 heteroatoms. The van der Waals surface area contributed by atoms with Crippen molar-refractivity contribution in [3.8, 4) is 0 Å². The van der Waals surface area contributed by atoms with Gasteiger partial charge in [-0.15, -0.1) is 0 Å². The minimum atomic E-state index is -4.00. The first-order valence-corrected chi connectivity index (χ1v) is 6.39. The van der Waals surface area contributed by atoms with E-state index in [0.717, 1.165) is 25.9 Å². The predicted octanol–water partition coefficient (Wildman–Crippen LogP) is 2.65. The summed E-state index contributed by atoms with van der Waals surface area (Å²) < 4.78 is 36.0. The number of halogens is 3. The van der Waals surface area contributed by atoms with E-state index >= 15 is 0 Å². The molecule has 1 atom stereocenters. The number of piperidine rings is 1. The van der Waals surface area contributed by atoms with Gasteiger partial charge in [-0.3, -0.25) is 0 Å². The standard InChI is InChI=1S/C12H23F3N2/c1-10(16-2)11-4-8-17(9-5-11)7-3-6-12(13,14)15/h10-11,16H,3-9H2,1-2H3. The van der Waals surface area contributed by atoms with E-state index in [1.54, 1.807) is 0 Å². The summed E-state index contributed by atoms with van der Waals surface area (Å²) in [4.78, 5) is 2.16. The molecule has 1 rings (SSSR count). The topological polar surface area (TPSA) is 15.3 Å². The molecule has 0 amide bonds. The lowest BCUT2D eigenvalue weighted by molar-refractivity contribution is -0.136. The highest BCUT2D eigenvalue weighted by Gasteiger charge is 2.27. The number of hydrogen-bond donors (Lipinski definition) is 1. The number of likely N-dealkylation sites (tertiary alicyclic amines) is 1. The Hall–Kier alpha value is -0.290. The van der Waals surface area contributed by atoms with E-state index in [1.807, 2.05) is 7.05 Å². The first-order chi connectivity index (χ1) is 7.92. The Morgan fingerprint density at radius 1 is 1.29 bits per heavy atom. The monoisotopic (exact) mass is 252 g/mol. The van der Waals surface area contributed by atoms with Gasteiger partial charge in [0.2, 0.25) is 0 Å². The van der Waals surface area contributed by atoms with Crippen LogP contribution in [0.15, 0.2) is 0 Å². The minimum absolute atomic E-state index is 0.232. The molecule has 1 saturated heterocycles. The molecule has 2 nitrogen and oxygen atoms in total. The third-order valence-corrected chi connectivity index (χ3v) is 3.73. The molecule has 102 valence electrons. The molecule has 1 heterocycles. The molecular formula is C12H23F3N2. The molecule has 0 aromatic rings. The average Bonchev–Trinajstić information content (AvgIpc) is 2.27. The maximum Gasteiger partial charge on any atom is 0.389 e. The molecule has 0 aromatic carbocycles. The Balaban J connectivity index is 2.15. The Kier molecular flexibility index (Phi) is 5.73. The van der Waals surface area contributed by atoms with E-state index in [-0.39, 0.29) is 6.42 Å². The second kappa shape index (κ2) is 6.59. The summed E-state index contributed by atoms with van der Waals surface area (Å²) in [5, 5.41) is 3.25. The van der Waals surface area contributed by atoms with Gasteiger partial charge in [0.1, 0.15) is 0 Å². The van der Waals surface area contributed by atoms with Gasteiger partial charge in [0.15, 0.2) is 0 Å². The van der Waals surface area contributed by atoms with E-state index in [2.05, 4.69) is 17.1 Å². The van der Waals surface area contributed by atoms with Crippen LogP contribution in [-0.2, 0) is 0 Å². The molecule has 1 aliphatic heterocycles. The fourth-order valence-electron chi connectivity index (χ4n) is 2.42. The predicted molar refractivity (Wildman–Crippen MR) is 63.0 cm³/mol. The summed E-state index contributed by atoms with van der Waals surface area (Å²) in [5.74, 6) is 0.666. The molecule has 0 aliphatic carbocycles. The molecule has 0 saturated carbocycles. The highest BCUT2D eigenvalue weighted by atomic mass is 19.4. The van der Waals surface area contributed by atoms with E-state index in [0.29, 0.717) is 18.5 Å². The van der Waals surface area contributed by atoms with Crippen LogP contribution in [0.1, 0.15) is 32.6 Å².